The van der Waals surface area contributed by atoms with Gasteiger partial charge in [-0.25, -0.2) is 9.59 Å². The Labute approximate surface area is 368 Å². The Kier molecular flexibility index (Phi) is 12.2. The first-order valence-electron chi connectivity index (χ1n) is 20.6. The molecule has 15 nitrogen and oxygen atoms in total. The minimum absolute atomic E-state index is 0.0134. The van der Waals surface area contributed by atoms with Crippen LogP contribution in [0.4, 0.5) is 0 Å². The normalized spacial score (nSPS) is 31.6. The summed E-state index contributed by atoms with van der Waals surface area (Å²) in [4.78, 5) is 83.6. The van der Waals surface area contributed by atoms with Crippen LogP contribution in [0.2, 0.25) is 5.02 Å². The summed E-state index contributed by atoms with van der Waals surface area (Å²) in [5.74, 6) is -6.95. The summed E-state index contributed by atoms with van der Waals surface area (Å²) in [6, 6.07) is 20.6. The number of Topliss-reactive ketones (excluding diaryl/α,β-unsaturated/α-hetero) is 1. The van der Waals surface area contributed by atoms with Crippen LogP contribution >= 0.6 is 11.6 Å². The summed E-state index contributed by atoms with van der Waals surface area (Å²) in [7, 11) is 0. The van der Waals surface area contributed by atoms with Crippen molar-refractivity contribution in [3.63, 3.8) is 0 Å². The number of hydrogen-bond donors (Lipinski definition) is 4. The zero-order valence-electron chi connectivity index (χ0n) is 35.5. The predicted octanol–water partition coefficient (Wildman–Crippen LogP) is 4.39. The third kappa shape index (κ3) is 7.73. The van der Waals surface area contributed by atoms with Gasteiger partial charge in [0.05, 0.1) is 35.6 Å². The monoisotopic (exact) mass is 887 g/mol. The van der Waals surface area contributed by atoms with Crippen LogP contribution in [0, 0.1) is 16.7 Å². The molecule has 1 saturated heterocycles. The van der Waals surface area contributed by atoms with Gasteiger partial charge in [-0.1, -0.05) is 74.0 Å². The first-order chi connectivity index (χ1) is 29.7. The number of aliphatic hydroxyl groups excluding tert-OH is 2. The molecule has 16 heteroatoms. The average molecular weight is 888 g/mol. The number of hydrogen-bond acceptors (Lipinski definition) is 14. The van der Waals surface area contributed by atoms with E-state index >= 15 is 4.79 Å². The molecular weight excluding hydrogens is 838 g/mol. The zero-order valence-corrected chi connectivity index (χ0v) is 36.3. The maximum atomic E-state index is 15.5. The first kappa shape index (κ1) is 45.6. The van der Waals surface area contributed by atoms with Crippen molar-refractivity contribution in [2.75, 3.05) is 6.61 Å². The number of fused-ring (bicyclic) bond motifs is 5. The molecule has 0 aromatic heterocycles. The number of carbonyl (C=O) groups excluding carboxylic acids is 6. The number of ketones is 1. The lowest BCUT2D eigenvalue weighted by Gasteiger charge is -2.67. The molecule has 11 atom stereocenters. The van der Waals surface area contributed by atoms with Gasteiger partial charge in [0.2, 0.25) is 0 Å². The molecule has 63 heavy (non-hydrogen) atoms. The third-order valence-electron chi connectivity index (χ3n) is 13.6. The maximum Gasteiger partial charge on any atom is 0.338 e. The van der Waals surface area contributed by atoms with Crippen LogP contribution in [0.3, 0.4) is 0 Å². The lowest BCUT2D eigenvalue weighted by atomic mass is 9.44. The van der Waals surface area contributed by atoms with Crippen LogP contribution < -0.4 is 5.32 Å². The summed E-state index contributed by atoms with van der Waals surface area (Å²) in [5.41, 5.74) is -7.19. The van der Waals surface area contributed by atoms with Crippen molar-refractivity contribution in [1.29, 1.82) is 0 Å². The molecule has 3 aromatic carbocycles. The average Bonchev–Trinajstić information content (AvgIpc) is 3.24. The highest BCUT2D eigenvalue weighted by atomic mass is 35.5. The summed E-state index contributed by atoms with van der Waals surface area (Å²) < 4.78 is 30.3. The Bertz CT molecular complexity index is 2340. The molecule has 4 aliphatic rings. The molecule has 0 spiro atoms. The molecule has 1 heterocycles. The molecule has 2 saturated carbocycles. The van der Waals surface area contributed by atoms with Gasteiger partial charge in [0.15, 0.2) is 23.6 Å². The van der Waals surface area contributed by atoms with Gasteiger partial charge >= 0.3 is 23.9 Å². The minimum Gasteiger partial charge on any atom is -0.456 e. The molecule has 2 bridgehead atoms. The van der Waals surface area contributed by atoms with E-state index in [1.54, 1.807) is 62.4 Å². The molecule has 3 aliphatic carbocycles. The van der Waals surface area contributed by atoms with Crippen LogP contribution in [-0.2, 0) is 42.9 Å². The Morgan fingerprint density at radius 2 is 1.48 bits per heavy atom. The van der Waals surface area contributed by atoms with Crippen molar-refractivity contribution in [3.8, 4) is 0 Å². The van der Waals surface area contributed by atoms with E-state index in [4.69, 9.17) is 35.3 Å². The number of esters is 4. The summed E-state index contributed by atoms with van der Waals surface area (Å²) in [6.07, 6.45) is -10.6. The minimum atomic E-state index is -2.40. The molecule has 0 unspecified atom stereocenters. The van der Waals surface area contributed by atoms with Crippen LogP contribution in [-0.4, -0.2) is 105 Å². The fourth-order valence-electron chi connectivity index (χ4n) is 10.2. The van der Waals surface area contributed by atoms with Gasteiger partial charge in [-0.05, 0) is 67.0 Å². The van der Waals surface area contributed by atoms with E-state index in [2.05, 4.69) is 5.32 Å². The largest absolute Gasteiger partial charge is 0.456 e. The van der Waals surface area contributed by atoms with E-state index in [9.17, 15) is 39.3 Å². The number of amides is 1. The number of benzene rings is 3. The van der Waals surface area contributed by atoms with Crippen molar-refractivity contribution >= 4 is 47.2 Å². The Hall–Kier alpha value is -5.45. The van der Waals surface area contributed by atoms with Gasteiger partial charge in [0.1, 0.15) is 23.9 Å². The highest BCUT2D eigenvalue weighted by Crippen LogP contribution is 2.64. The predicted molar refractivity (Wildman–Crippen MR) is 223 cm³/mol. The number of nitrogens with one attached hydrogen (secondary N) is 1. The van der Waals surface area contributed by atoms with Crippen molar-refractivity contribution in [2.24, 2.45) is 16.7 Å². The van der Waals surface area contributed by atoms with E-state index in [1.165, 1.54) is 50.2 Å². The van der Waals surface area contributed by atoms with Gasteiger partial charge < -0.3 is 44.3 Å². The quantitative estimate of drug-likeness (QED) is 0.126. The van der Waals surface area contributed by atoms with Gasteiger partial charge in [0, 0.05) is 42.7 Å². The van der Waals surface area contributed by atoms with Crippen molar-refractivity contribution in [2.45, 2.75) is 108 Å². The van der Waals surface area contributed by atoms with E-state index < -0.39 is 113 Å². The topological polar surface area (TPSA) is 221 Å². The second-order valence-corrected chi connectivity index (χ2v) is 17.9. The second-order valence-electron chi connectivity index (χ2n) is 17.5. The highest BCUT2D eigenvalue weighted by Gasteiger charge is 2.78. The molecule has 3 aromatic rings. The van der Waals surface area contributed by atoms with E-state index in [1.807, 2.05) is 0 Å². The molecule has 4 N–H and O–H groups in total. The molecule has 334 valence electrons. The van der Waals surface area contributed by atoms with Crippen molar-refractivity contribution in [1.82, 2.24) is 5.32 Å². The summed E-state index contributed by atoms with van der Waals surface area (Å²) in [6.45, 7) is 7.93. The van der Waals surface area contributed by atoms with Crippen LogP contribution in [0.1, 0.15) is 86.7 Å². The second kappa shape index (κ2) is 16.9. The Morgan fingerprint density at radius 1 is 0.857 bits per heavy atom. The van der Waals surface area contributed by atoms with Crippen LogP contribution in [0.15, 0.2) is 96.1 Å². The summed E-state index contributed by atoms with van der Waals surface area (Å²) in [5, 5.41) is 40.6. The van der Waals surface area contributed by atoms with E-state index in [0.29, 0.717) is 10.6 Å². The molecule has 1 amide bonds. The van der Waals surface area contributed by atoms with E-state index in [0.717, 1.165) is 13.8 Å². The lowest BCUT2D eigenvalue weighted by Crippen LogP contribution is -2.82. The molecule has 3 fully saturated rings. The molecular formula is C47H50ClNO14. The Balaban J connectivity index is 1.38. The van der Waals surface area contributed by atoms with Crippen LogP contribution in [0.25, 0.3) is 0 Å². The third-order valence-corrected chi connectivity index (χ3v) is 13.8. The number of aliphatic hydroxyl groups is 3. The first-order valence-corrected chi connectivity index (χ1v) is 21.0. The van der Waals surface area contributed by atoms with Gasteiger partial charge in [-0.2, -0.15) is 0 Å². The van der Waals surface area contributed by atoms with Crippen molar-refractivity contribution < 1.29 is 67.8 Å². The maximum absolute atomic E-state index is 15.5. The summed E-state index contributed by atoms with van der Waals surface area (Å²) >= 11 is 6.03. The fraction of sp³-hybridized carbons (Fsp3) is 0.447. The standard InChI is InChI=1S/C47H50ClNO14/c1-24-31(61-43(57)36(53)35(27-13-9-7-10-14-27)49-41(55)28-17-19-30(48)20-18-28)22-47(58)40(62-42(56)29-15-11-8-12-16-29)38-45(6,32(52)21-33-46(38,23-59-33)63-26(3)51)39(54)37(60-25(2)50)34(24)44(47,4)5/h7-20,31-33,35-38,40,52-53,58H,21-23H2,1-6H3,(H,49,55)/t31-,32-,33+,35-,36+,37+,38-,40-,45+,46-,47+/m0/s1. The van der Waals surface area contributed by atoms with Crippen molar-refractivity contribution in [3.05, 3.63) is 118 Å². The van der Waals surface area contributed by atoms with Gasteiger partial charge in [0.25, 0.3) is 5.91 Å². The highest BCUT2D eigenvalue weighted by molar-refractivity contribution is 6.30. The Morgan fingerprint density at radius 3 is 2.05 bits per heavy atom. The number of carbonyl (C=O) groups is 6. The molecule has 7 rings (SSSR count). The van der Waals surface area contributed by atoms with Gasteiger partial charge in [-0.15, -0.1) is 0 Å². The smallest absolute Gasteiger partial charge is 0.338 e. The lowest BCUT2D eigenvalue weighted by molar-refractivity contribution is -0.346. The zero-order chi connectivity index (χ0) is 45.8. The SMILES string of the molecule is CC(=O)O[C@H]1C(=O)[C@@]2(C)[C@H]([C@H](OC(=O)c3ccccc3)[C@]3(O)C[C@H](OC(=O)[C@H](O)[C@@H](NC(=O)c4ccc(Cl)cc4)c4ccccc4)C(C)=C1C3(C)C)[C@]1(OC(C)=O)CO[C@@H]1C[C@@H]2O. The fourth-order valence-corrected chi connectivity index (χ4v) is 10.3. The number of ether oxygens (including phenoxy) is 5. The molecule has 0 radical (unpaired) electrons. The van der Waals surface area contributed by atoms with Crippen LogP contribution in [0.5, 0.6) is 0 Å². The number of halogens is 1. The van der Waals surface area contributed by atoms with Gasteiger partial charge in [-0.3, -0.25) is 19.2 Å². The van der Waals surface area contributed by atoms with E-state index in [-0.39, 0.29) is 35.3 Å². The molecule has 1 aliphatic heterocycles. The number of rotatable bonds is 10.